The Hall–Kier alpha value is -1.34. The Morgan fingerprint density at radius 3 is 2.45 bits per heavy atom. The van der Waals surface area contributed by atoms with Crippen LogP contribution in [0.3, 0.4) is 0 Å². The van der Waals surface area contributed by atoms with Crippen LogP contribution in [0.1, 0.15) is 35.4 Å². The van der Waals surface area contributed by atoms with Gasteiger partial charge in [0.15, 0.2) is 0 Å². The van der Waals surface area contributed by atoms with Crippen LogP contribution in [0.2, 0.25) is 5.02 Å². The fraction of sp³-hybridized carbons (Fsp3) is 0.136. The average Bonchev–Trinajstić information content (AvgIpc) is 3.14. The maximum absolute atomic E-state index is 6.53. The van der Waals surface area contributed by atoms with Crippen molar-refractivity contribution in [1.29, 1.82) is 0 Å². The van der Waals surface area contributed by atoms with Gasteiger partial charge in [0.05, 0.1) is 16.2 Å². The number of hydrogen-bond donors (Lipinski definition) is 0. The van der Waals surface area contributed by atoms with Crippen molar-refractivity contribution in [2.45, 2.75) is 18.7 Å². The summed E-state index contributed by atoms with van der Waals surface area (Å²) in [5, 5.41) is 7.70. The van der Waals surface area contributed by atoms with Crippen LogP contribution in [-0.2, 0) is 0 Å². The predicted molar refractivity (Wildman–Crippen MR) is 127 cm³/mol. The van der Waals surface area contributed by atoms with Crippen LogP contribution in [0.15, 0.2) is 79.2 Å². The van der Waals surface area contributed by atoms with E-state index < -0.39 is 6.23 Å². The van der Waals surface area contributed by atoms with Gasteiger partial charge in [0.2, 0.25) is 6.23 Å². The Labute approximate surface area is 199 Å². The molecule has 2 heterocycles. The van der Waals surface area contributed by atoms with Gasteiger partial charge in [0.1, 0.15) is 5.75 Å². The first-order valence-corrected chi connectivity index (χ1v) is 11.8. The molecule has 0 fully saturated rings. The predicted octanol–water partition coefficient (Wildman–Crippen LogP) is 7.87. The normalized spacial score (nSPS) is 20.0. The van der Waals surface area contributed by atoms with Crippen molar-refractivity contribution in [3.8, 4) is 5.75 Å². The molecule has 2 atom stereocenters. The summed E-state index contributed by atoms with van der Waals surface area (Å²) in [6.07, 6.45) is 0.397. The van der Waals surface area contributed by atoms with E-state index in [-0.39, 0.29) is 6.04 Å². The van der Waals surface area contributed by atoms with Crippen LogP contribution in [0, 0.1) is 0 Å². The standard InChI is InChI=1S/C22H14Br3ClN2O/c23-13-7-5-12(6-8-13)19-11-20-16-9-14(24)10-17(25)21(16)29-22(28(20)27-19)15-3-1-2-4-18(15)26/h1-10,20,22H,11H2/t20-,22-/m1/s1. The Kier molecular flexibility index (Phi) is 5.23. The van der Waals surface area contributed by atoms with Crippen molar-refractivity contribution in [3.05, 3.63) is 95.8 Å². The molecule has 2 aliphatic rings. The molecular weight excluding hydrogens is 583 g/mol. The molecule has 0 aliphatic carbocycles. The van der Waals surface area contributed by atoms with Crippen LogP contribution in [-0.4, -0.2) is 10.7 Å². The highest BCUT2D eigenvalue weighted by Gasteiger charge is 2.42. The van der Waals surface area contributed by atoms with Gasteiger partial charge in [-0.1, -0.05) is 73.8 Å². The lowest BCUT2D eigenvalue weighted by Gasteiger charge is -2.39. The first kappa shape index (κ1) is 19.6. The maximum Gasteiger partial charge on any atom is 0.215 e. The minimum Gasteiger partial charge on any atom is -0.463 e. The summed E-state index contributed by atoms with van der Waals surface area (Å²) in [5.74, 6) is 0.839. The summed E-state index contributed by atoms with van der Waals surface area (Å²) in [6.45, 7) is 0. The van der Waals surface area contributed by atoms with E-state index in [0.29, 0.717) is 5.02 Å². The number of nitrogens with zero attached hydrogens (tertiary/aromatic N) is 2. The van der Waals surface area contributed by atoms with Crippen molar-refractivity contribution >= 4 is 65.1 Å². The number of fused-ring (bicyclic) bond motifs is 3. The Bertz CT molecular complexity index is 1130. The highest BCUT2D eigenvalue weighted by molar-refractivity contribution is 9.11. The summed E-state index contributed by atoms with van der Waals surface area (Å²) in [4.78, 5) is 0. The molecule has 0 bridgehead atoms. The molecule has 5 rings (SSSR count). The SMILES string of the molecule is Clc1ccccc1[C@H]1Oc2c(Br)cc(Br)cc2[C@H]2CC(c3ccc(Br)cc3)=NN21. The zero-order valence-electron chi connectivity index (χ0n) is 14.9. The minimum atomic E-state index is -0.397. The Morgan fingerprint density at radius 1 is 0.931 bits per heavy atom. The Balaban J connectivity index is 1.65. The molecule has 3 nitrogen and oxygen atoms in total. The molecule has 0 radical (unpaired) electrons. The van der Waals surface area contributed by atoms with Crippen molar-refractivity contribution in [1.82, 2.24) is 5.01 Å². The van der Waals surface area contributed by atoms with E-state index in [0.717, 1.165) is 48.0 Å². The summed E-state index contributed by atoms with van der Waals surface area (Å²) < 4.78 is 9.42. The van der Waals surface area contributed by atoms with Crippen molar-refractivity contribution in [3.63, 3.8) is 0 Å². The summed E-state index contributed by atoms with van der Waals surface area (Å²) in [5.41, 5.74) is 4.15. The van der Waals surface area contributed by atoms with E-state index >= 15 is 0 Å². The van der Waals surface area contributed by atoms with Crippen LogP contribution in [0.5, 0.6) is 5.75 Å². The Morgan fingerprint density at radius 2 is 1.69 bits per heavy atom. The third-order valence-corrected chi connectivity index (χ3v) is 7.08. The number of halogens is 4. The van der Waals surface area contributed by atoms with E-state index in [1.807, 2.05) is 47.5 Å². The van der Waals surface area contributed by atoms with Crippen molar-refractivity contribution < 1.29 is 4.74 Å². The zero-order chi connectivity index (χ0) is 20.1. The first-order valence-electron chi connectivity index (χ1n) is 9.03. The van der Waals surface area contributed by atoms with Crippen molar-refractivity contribution in [2.24, 2.45) is 5.10 Å². The summed E-state index contributed by atoms with van der Waals surface area (Å²) in [7, 11) is 0. The highest BCUT2D eigenvalue weighted by Crippen LogP contribution is 2.51. The molecule has 0 amide bonds. The topological polar surface area (TPSA) is 24.8 Å². The first-order chi connectivity index (χ1) is 14.0. The molecular formula is C22H14Br3ClN2O. The molecule has 146 valence electrons. The number of hydrogen-bond acceptors (Lipinski definition) is 3. The molecule has 0 unspecified atom stereocenters. The third kappa shape index (κ3) is 3.54. The number of benzene rings is 3. The molecule has 0 saturated carbocycles. The molecule has 0 aromatic heterocycles. The van der Waals surface area contributed by atoms with Gasteiger partial charge < -0.3 is 4.74 Å². The van der Waals surface area contributed by atoms with Gasteiger partial charge in [-0.15, -0.1) is 0 Å². The molecule has 3 aromatic rings. The number of hydrazone groups is 1. The van der Waals surface area contributed by atoms with E-state index in [1.54, 1.807) is 0 Å². The van der Waals surface area contributed by atoms with Crippen LogP contribution >= 0.6 is 59.4 Å². The second kappa shape index (κ2) is 7.73. The van der Waals surface area contributed by atoms with E-state index in [1.165, 1.54) is 0 Å². The van der Waals surface area contributed by atoms with E-state index in [9.17, 15) is 0 Å². The fourth-order valence-electron chi connectivity index (χ4n) is 3.81. The van der Waals surface area contributed by atoms with Gasteiger partial charge in [-0.2, -0.15) is 5.10 Å². The fourth-order valence-corrected chi connectivity index (χ4v) is 5.66. The molecule has 0 N–H and O–H groups in total. The molecule has 0 spiro atoms. The molecule has 2 aliphatic heterocycles. The van der Waals surface area contributed by atoms with Gasteiger partial charge in [0, 0.05) is 31.5 Å². The van der Waals surface area contributed by atoms with Gasteiger partial charge in [-0.25, -0.2) is 5.01 Å². The quantitative estimate of drug-likeness (QED) is 0.301. The highest BCUT2D eigenvalue weighted by atomic mass is 79.9. The van der Waals surface area contributed by atoms with Gasteiger partial charge in [-0.05, 0) is 51.8 Å². The van der Waals surface area contributed by atoms with E-state index in [2.05, 4.69) is 66.0 Å². The molecule has 7 heteroatoms. The summed E-state index contributed by atoms with van der Waals surface area (Å²) in [6, 6.07) is 20.2. The average molecular weight is 598 g/mol. The second-order valence-electron chi connectivity index (χ2n) is 6.95. The smallest absolute Gasteiger partial charge is 0.215 e. The van der Waals surface area contributed by atoms with Gasteiger partial charge in [-0.3, -0.25) is 0 Å². The van der Waals surface area contributed by atoms with Gasteiger partial charge >= 0.3 is 0 Å². The number of ether oxygens (including phenoxy) is 1. The largest absolute Gasteiger partial charge is 0.463 e. The number of rotatable bonds is 2. The molecule has 3 aromatic carbocycles. The third-order valence-electron chi connectivity index (χ3n) is 5.16. The van der Waals surface area contributed by atoms with Crippen molar-refractivity contribution in [2.75, 3.05) is 0 Å². The monoisotopic (exact) mass is 594 g/mol. The molecule has 29 heavy (non-hydrogen) atoms. The van der Waals surface area contributed by atoms with Crippen LogP contribution in [0.4, 0.5) is 0 Å². The maximum atomic E-state index is 6.53. The van der Waals surface area contributed by atoms with Crippen LogP contribution in [0.25, 0.3) is 0 Å². The lowest BCUT2D eigenvalue weighted by atomic mass is 9.96. The molecule has 0 saturated heterocycles. The minimum absolute atomic E-state index is 0.0625. The van der Waals surface area contributed by atoms with Crippen LogP contribution < -0.4 is 4.74 Å². The second-order valence-corrected chi connectivity index (χ2v) is 10.0. The van der Waals surface area contributed by atoms with Gasteiger partial charge in [0.25, 0.3) is 0 Å². The summed E-state index contributed by atoms with van der Waals surface area (Å²) >= 11 is 17.3. The lowest BCUT2D eigenvalue weighted by molar-refractivity contribution is -0.0196. The van der Waals surface area contributed by atoms with E-state index in [4.69, 9.17) is 21.4 Å². The zero-order valence-corrected chi connectivity index (χ0v) is 20.5. The lowest BCUT2D eigenvalue weighted by Crippen LogP contribution is -2.34.